The second-order valence-corrected chi connectivity index (χ2v) is 5.64. The van der Waals surface area contributed by atoms with E-state index in [2.05, 4.69) is 29.1 Å². The maximum atomic E-state index is 5.78. The highest BCUT2D eigenvalue weighted by atomic mass is 32.1. The van der Waals surface area contributed by atoms with Gasteiger partial charge in [-0.3, -0.25) is 0 Å². The highest BCUT2D eigenvalue weighted by Crippen LogP contribution is 2.25. The quantitative estimate of drug-likeness (QED) is 0.650. The van der Waals surface area contributed by atoms with Gasteiger partial charge in [0, 0.05) is 11.7 Å². The van der Waals surface area contributed by atoms with Crippen LogP contribution in [0.4, 0.5) is 5.69 Å². The molecule has 0 fully saturated rings. The van der Waals surface area contributed by atoms with Gasteiger partial charge < -0.3 is 10.1 Å². The molecule has 0 saturated heterocycles. The van der Waals surface area contributed by atoms with Crippen molar-refractivity contribution in [3.8, 4) is 11.5 Å². The fraction of sp³-hybridized carbons (Fsp3) is 0.111. The summed E-state index contributed by atoms with van der Waals surface area (Å²) in [7, 11) is 0. The van der Waals surface area contributed by atoms with Crippen molar-refractivity contribution in [1.29, 1.82) is 0 Å². The lowest BCUT2D eigenvalue weighted by Gasteiger charge is -2.14. The first-order chi connectivity index (χ1) is 10.3. The van der Waals surface area contributed by atoms with Gasteiger partial charge in [0.15, 0.2) is 0 Å². The molecule has 0 aliphatic rings. The Kier molecular flexibility index (Phi) is 4.22. The van der Waals surface area contributed by atoms with E-state index in [1.54, 1.807) is 11.3 Å². The van der Waals surface area contributed by atoms with Crippen molar-refractivity contribution < 1.29 is 4.74 Å². The molecule has 0 bridgehead atoms. The number of thiophene rings is 1. The predicted molar refractivity (Wildman–Crippen MR) is 89.3 cm³/mol. The highest BCUT2D eigenvalue weighted by molar-refractivity contribution is 7.07. The summed E-state index contributed by atoms with van der Waals surface area (Å²) in [5.74, 6) is 1.69. The molecule has 1 N–H and O–H groups in total. The van der Waals surface area contributed by atoms with Gasteiger partial charge >= 0.3 is 0 Å². The van der Waals surface area contributed by atoms with Crippen molar-refractivity contribution in [3.63, 3.8) is 0 Å². The first-order valence-corrected chi connectivity index (χ1v) is 7.87. The average molecular weight is 295 g/mol. The molecule has 3 heteroatoms. The standard InChI is InChI=1S/C18H17NOS/c1-14(15-11-12-21-13-15)19-16-7-9-18(10-8-16)20-17-5-3-2-4-6-17/h2-14,19H,1H3. The summed E-state index contributed by atoms with van der Waals surface area (Å²) in [6, 6.07) is 20.3. The molecule has 1 atom stereocenters. The van der Waals surface area contributed by atoms with Crippen molar-refractivity contribution in [3.05, 3.63) is 77.0 Å². The third kappa shape index (κ3) is 3.64. The summed E-state index contributed by atoms with van der Waals surface area (Å²) in [6.45, 7) is 2.16. The number of para-hydroxylation sites is 1. The summed E-state index contributed by atoms with van der Waals surface area (Å²) >= 11 is 1.72. The van der Waals surface area contributed by atoms with E-state index in [1.807, 2.05) is 54.6 Å². The van der Waals surface area contributed by atoms with Crippen LogP contribution in [-0.4, -0.2) is 0 Å². The number of hydrogen-bond donors (Lipinski definition) is 1. The van der Waals surface area contributed by atoms with Crippen LogP contribution in [0.1, 0.15) is 18.5 Å². The summed E-state index contributed by atoms with van der Waals surface area (Å²) in [4.78, 5) is 0. The van der Waals surface area contributed by atoms with Gasteiger partial charge in [0.25, 0.3) is 0 Å². The minimum absolute atomic E-state index is 0.303. The largest absolute Gasteiger partial charge is 0.457 e. The first-order valence-electron chi connectivity index (χ1n) is 6.93. The van der Waals surface area contributed by atoms with Crippen LogP contribution in [0, 0.1) is 0 Å². The van der Waals surface area contributed by atoms with Gasteiger partial charge in [0.1, 0.15) is 11.5 Å². The van der Waals surface area contributed by atoms with Gasteiger partial charge in [0.2, 0.25) is 0 Å². The topological polar surface area (TPSA) is 21.3 Å². The molecule has 3 rings (SSSR count). The van der Waals surface area contributed by atoms with E-state index >= 15 is 0 Å². The Labute approximate surface area is 129 Å². The second kappa shape index (κ2) is 6.46. The molecular formula is C18H17NOS. The lowest BCUT2D eigenvalue weighted by atomic mass is 10.1. The zero-order valence-corrected chi connectivity index (χ0v) is 12.6. The summed E-state index contributed by atoms with van der Waals surface area (Å²) in [5.41, 5.74) is 2.40. The lowest BCUT2D eigenvalue weighted by Crippen LogP contribution is -2.05. The number of rotatable bonds is 5. The van der Waals surface area contributed by atoms with E-state index < -0.39 is 0 Å². The van der Waals surface area contributed by atoms with Crippen molar-refractivity contribution in [2.24, 2.45) is 0 Å². The van der Waals surface area contributed by atoms with Crippen LogP contribution >= 0.6 is 11.3 Å². The molecule has 0 aliphatic carbocycles. The van der Waals surface area contributed by atoms with Gasteiger partial charge in [-0.05, 0) is 65.7 Å². The van der Waals surface area contributed by atoms with Gasteiger partial charge in [0.05, 0.1) is 0 Å². The molecule has 1 heterocycles. The van der Waals surface area contributed by atoms with Crippen LogP contribution in [0.25, 0.3) is 0 Å². The Morgan fingerprint density at radius 3 is 2.29 bits per heavy atom. The van der Waals surface area contributed by atoms with E-state index in [9.17, 15) is 0 Å². The fourth-order valence-electron chi connectivity index (χ4n) is 2.10. The number of benzene rings is 2. The van der Waals surface area contributed by atoms with Crippen LogP contribution in [0.2, 0.25) is 0 Å². The first kappa shape index (κ1) is 13.7. The monoisotopic (exact) mass is 295 g/mol. The molecule has 3 aromatic rings. The Hall–Kier alpha value is -2.26. The van der Waals surface area contributed by atoms with Gasteiger partial charge in [-0.15, -0.1) is 0 Å². The van der Waals surface area contributed by atoms with E-state index in [1.165, 1.54) is 5.56 Å². The average Bonchev–Trinajstić information content (AvgIpc) is 3.05. The molecule has 2 aromatic carbocycles. The highest BCUT2D eigenvalue weighted by Gasteiger charge is 2.05. The van der Waals surface area contributed by atoms with Crippen molar-refractivity contribution in [2.45, 2.75) is 13.0 Å². The SMILES string of the molecule is CC(Nc1ccc(Oc2ccccc2)cc1)c1ccsc1. The van der Waals surface area contributed by atoms with Crippen molar-refractivity contribution in [1.82, 2.24) is 0 Å². The molecule has 0 saturated carbocycles. The number of nitrogens with one attached hydrogen (secondary N) is 1. The maximum absolute atomic E-state index is 5.78. The minimum Gasteiger partial charge on any atom is -0.457 e. The van der Waals surface area contributed by atoms with E-state index in [0.29, 0.717) is 6.04 Å². The van der Waals surface area contributed by atoms with Crippen LogP contribution in [0.15, 0.2) is 71.4 Å². The third-order valence-electron chi connectivity index (χ3n) is 3.26. The van der Waals surface area contributed by atoms with Crippen LogP contribution in [0.5, 0.6) is 11.5 Å². The lowest BCUT2D eigenvalue weighted by molar-refractivity contribution is 0.483. The summed E-state index contributed by atoms with van der Waals surface area (Å²) in [5, 5.41) is 7.76. The molecule has 21 heavy (non-hydrogen) atoms. The number of ether oxygens (including phenoxy) is 1. The van der Waals surface area contributed by atoms with Crippen LogP contribution < -0.4 is 10.1 Å². The smallest absolute Gasteiger partial charge is 0.127 e. The zero-order chi connectivity index (χ0) is 14.5. The molecule has 0 amide bonds. The summed E-state index contributed by atoms with van der Waals surface area (Å²) in [6.07, 6.45) is 0. The van der Waals surface area contributed by atoms with Gasteiger partial charge in [-0.1, -0.05) is 18.2 Å². The van der Waals surface area contributed by atoms with Gasteiger partial charge in [-0.2, -0.15) is 11.3 Å². The van der Waals surface area contributed by atoms with Crippen molar-refractivity contribution >= 4 is 17.0 Å². The predicted octanol–water partition coefficient (Wildman–Crippen LogP) is 5.71. The molecule has 0 aliphatic heterocycles. The molecule has 106 valence electrons. The normalized spacial score (nSPS) is 11.9. The molecule has 1 unspecified atom stereocenters. The third-order valence-corrected chi connectivity index (χ3v) is 3.96. The Bertz CT molecular complexity index is 662. The number of anilines is 1. The Balaban J connectivity index is 1.64. The second-order valence-electron chi connectivity index (χ2n) is 4.86. The molecule has 2 nitrogen and oxygen atoms in total. The molecular weight excluding hydrogens is 278 g/mol. The van der Waals surface area contributed by atoms with E-state index in [4.69, 9.17) is 4.74 Å². The van der Waals surface area contributed by atoms with Crippen molar-refractivity contribution in [2.75, 3.05) is 5.32 Å². The minimum atomic E-state index is 0.303. The molecule has 0 radical (unpaired) electrons. The molecule has 1 aromatic heterocycles. The van der Waals surface area contributed by atoms with Crippen LogP contribution in [0.3, 0.4) is 0 Å². The Morgan fingerprint density at radius 2 is 1.62 bits per heavy atom. The van der Waals surface area contributed by atoms with Crippen LogP contribution in [-0.2, 0) is 0 Å². The van der Waals surface area contributed by atoms with E-state index in [-0.39, 0.29) is 0 Å². The summed E-state index contributed by atoms with van der Waals surface area (Å²) < 4.78 is 5.78. The number of hydrogen-bond acceptors (Lipinski definition) is 3. The fourth-order valence-corrected chi connectivity index (χ4v) is 2.85. The zero-order valence-electron chi connectivity index (χ0n) is 11.8. The maximum Gasteiger partial charge on any atom is 0.127 e. The Morgan fingerprint density at radius 1 is 0.905 bits per heavy atom. The van der Waals surface area contributed by atoms with E-state index in [0.717, 1.165) is 17.2 Å². The van der Waals surface area contributed by atoms with Gasteiger partial charge in [-0.25, -0.2) is 0 Å². The molecule has 0 spiro atoms.